The minimum atomic E-state index is -3.72. The van der Waals surface area contributed by atoms with E-state index in [1.807, 2.05) is 13.1 Å². The summed E-state index contributed by atoms with van der Waals surface area (Å²) < 4.78 is 27.9. The van der Waals surface area contributed by atoms with Crippen LogP contribution in [0.15, 0.2) is 40.5 Å². The lowest BCUT2D eigenvalue weighted by Gasteiger charge is -2.23. The van der Waals surface area contributed by atoms with E-state index in [4.69, 9.17) is 0 Å². The summed E-state index contributed by atoms with van der Waals surface area (Å²) >= 11 is 0. The predicted octanol–water partition coefficient (Wildman–Crippen LogP) is 1.51. The summed E-state index contributed by atoms with van der Waals surface area (Å²) in [6, 6.07) is 3.17. The molecule has 0 aromatic carbocycles. The predicted molar refractivity (Wildman–Crippen MR) is 92.1 cm³/mol. The Bertz CT molecular complexity index is 1040. The minimum absolute atomic E-state index is 0.166. The van der Waals surface area contributed by atoms with E-state index in [0.717, 1.165) is 30.8 Å². The summed E-state index contributed by atoms with van der Waals surface area (Å²) in [4.78, 5) is 11.2. The quantitative estimate of drug-likeness (QED) is 0.707. The van der Waals surface area contributed by atoms with Crippen LogP contribution < -0.4 is 0 Å². The first kappa shape index (κ1) is 16.2. The van der Waals surface area contributed by atoms with Crippen LogP contribution in [0.5, 0.6) is 0 Å². The third-order valence-electron chi connectivity index (χ3n) is 4.52. The van der Waals surface area contributed by atoms with Gasteiger partial charge < -0.3 is 4.90 Å². The molecular weight excluding hydrogens is 338 g/mol. The Morgan fingerprint density at radius 1 is 1.32 bits per heavy atom. The van der Waals surface area contributed by atoms with Crippen molar-refractivity contribution in [3.63, 3.8) is 0 Å². The Hall–Kier alpha value is -2.32. The van der Waals surface area contributed by atoms with Crippen LogP contribution in [0.4, 0.5) is 0 Å². The average molecular weight is 357 g/mol. The zero-order chi connectivity index (χ0) is 17.6. The average Bonchev–Trinajstić information content (AvgIpc) is 2.98. The van der Waals surface area contributed by atoms with Gasteiger partial charge in [-0.2, -0.15) is 5.10 Å². The van der Waals surface area contributed by atoms with E-state index >= 15 is 0 Å². The molecule has 25 heavy (non-hydrogen) atoms. The van der Waals surface area contributed by atoms with Crippen LogP contribution in [0.1, 0.15) is 23.9 Å². The van der Waals surface area contributed by atoms with Crippen LogP contribution in [0, 0.1) is 0 Å². The Kier molecular flexibility index (Phi) is 3.81. The van der Waals surface area contributed by atoms with E-state index in [-0.39, 0.29) is 9.79 Å². The highest BCUT2D eigenvalue weighted by Gasteiger charge is 2.29. The lowest BCUT2D eigenvalue weighted by Crippen LogP contribution is -2.27. The number of pyridine rings is 1. The molecule has 0 unspecified atom stereocenters. The molecule has 0 atom stereocenters. The molecule has 0 aliphatic carbocycles. The Labute approximate surface area is 146 Å². The van der Waals surface area contributed by atoms with Crippen LogP contribution in [-0.2, 0) is 29.2 Å². The van der Waals surface area contributed by atoms with E-state index in [9.17, 15) is 8.42 Å². The van der Waals surface area contributed by atoms with E-state index in [2.05, 4.69) is 27.0 Å². The summed E-state index contributed by atoms with van der Waals surface area (Å²) in [5.74, 6) is 0. The normalized spacial score (nSPS) is 15.4. The fraction of sp³-hybridized carbons (Fsp3) is 0.353. The van der Waals surface area contributed by atoms with Crippen LogP contribution in [0.25, 0.3) is 5.65 Å². The smallest absolute Gasteiger partial charge is 0.213 e. The van der Waals surface area contributed by atoms with Gasteiger partial charge in [-0.3, -0.25) is 4.98 Å². The van der Waals surface area contributed by atoms with E-state index < -0.39 is 9.84 Å². The summed E-state index contributed by atoms with van der Waals surface area (Å²) in [6.45, 7) is 3.61. The molecule has 0 spiro atoms. The van der Waals surface area contributed by atoms with Crippen LogP contribution in [0.3, 0.4) is 0 Å². The number of nitrogens with zero attached hydrogens (tertiary/aromatic N) is 5. The lowest BCUT2D eigenvalue weighted by atomic mass is 10.1. The molecular formula is C17H19N5O2S. The molecule has 4 heterocycles. The Balaban J connectivity index is 1.97. The third-order valence-corrected chi connectivity index (χ3v) is 6.34. The van der Waals surface area contributed by atoms with Gasteiger partial charge in [0.1, 0.15) is 4.90 Å². The fourth-order valence-electron chi connectivity index (χ4n) is 3.22. The van der Waals surface area contributed by atoms with Crippen LogP contribution in [0.2, 0.25) is 0 Å². The maximum Gasteiger partial charge on any atom is 0.213 e. The van der Waals surface area contributed by atoms with Gasteiger partial charge in [-0.25, -0.2) is 17.9 Å². The lowest BCUT2D eigenvalue weighted by molar-refractivity contribution is 0.309. The molecule has 0 bridgehead atoms. The van der Waals surface area contributed by atoms with Crippen LogP contribution >= 0.6 is 0 Å². The second-order valence-corrected chi connectivity index (χ2v) is 8.18. The van der Waals surface area contributed by atoms with Crippen molar-refractivity contribution in [2.24, 2.45) is 0 Å². The molecule has 3 aromatic rings. The van der Waals surface area contributed by atoms with Crippen molar-refractivity contribution >= 4 is 15.5 Å². The molecule has 0 amide bonds. The monoisotopic (exact) mass is 357 g/mol. The SMILES string of the molecule is CCc1nn2cc3c(nc2c1S(=O)(=O)c1cccnc1)CCN(C)C3. The van der Waals surface area contributed by atoms with Crippen LogP contribution in [-0.4, -0.2) is 46.5 Å². The highest BCUT2D eigenvalue weighted by Crippen LogP contribution is 2.29. The molecule has 3 aromatic heterocycles. The molecule has 1 aliphatic heterocycles. The minimum Gasteiger partial charge on any atom is -0.302 e. The van der Waals surface area contributed by atoms with Gasteiger partial charge in [-0.05, 0) is 25.6 Å². The molecule has 0 fully saturated rings. The van der Waals surface area contributed by atoms with Gasteiger partial charge in [-0.15, -0.1) is 0 Å². The first-order valence-corrected chi connectivity index (χ1v) is 9.72. The molecule has 0 N–H and O–H groups in total. The van der Waals surface area contributed by atoms with Gasteiger partial charge in [0.05, 0.1) is 16.3 Å². The standard InChI is InChI=1S/C17H19N5O2S/c1-3-14-16(25(23,24)13-5-4-7-18-9-13)17-19-15-6-8-21(2)10-12(15)11-22(17)20-14/h4-5,7,9,11H,3,6,8,10H2,1-2H3. The Morgan fingerprint density at radius 2 is 2.16 bits per heavy atom. The number of fused-ring (bicyclic) bond motifs is 2. The van der Waals surface area contributed by atoms with Gasteiger partial charge in [-0.1, -0.05) is 6.92 Å². The van der Waals surface area contributed by atoms with E-state index in [1.54, 1.807) is 22.8 Å². The molecule has 8 heteroatoms. The van der Waals surface area contributed by atoms with Crippen molar-refractivity contribution in [2.75, 3.05) is 13.6 Å². The summed E-state index contributed by atoms with van der Waals surface area (Å²) in [7, 11) is -1.66. The summed E-state index contributed by atoms with van der Waals surface area (Å²) in [5, 5.41) is 4.49. The molecule has 0 saturated carbocycles. The van der Waals surface area contributed by atoms with Gasteiger partial charge >= 0.3 is 0 Å². The van der Waals surface area contributed by atoms with Crippen molar-refractivity contribution < 1.29 is 8.42 Å². The topological polar surface area (TPSA) is 80.5 Å². The second-order valence-electron chi connectivity index (χ2n) is 6.29. The van der Waals surface area contributed by atoms with Crippen molar-refractivity contribution in [1.82, 2.24) is 24.5 Å². The maximum atomic E-state index is 13.2. The van der Waals surface area contributed by atoms with Gasteiger partial charge in [0.2, 0.25) is 9.84 Å². The van der Waals surface area contributed by atoms with Gasteiger partial charge in [0.15, 0.2) is 5.65 Å². The number of sulfone groups is 1. The number of aromatic nitrogens is 4. The van der Waals surface area contributed by atoms with Crippen molar-refractivity contribution in [3.05, 3.63) is 47.7 Å². The molecule has 0 saturated heterocycles. The summed E-state index contributed by atoms with van der Waals surface area (Å²) in [5.41, 5.74) is 2.99. The van der Waals surface area contributed by atoms with E-state index in [0.29, 0.717) is 17.8 Å². The van der Waals surface area contributed by atoms with Gasteiger partial charge in [0.25, 0.3) is 0 Å². The molecule has 130 valence electrons. The number of hydrogen-bond donors (Lipinski definition) is 0. The fourth-order valence-corrected chi connectivity index (χ4v) is 4.78. The highest BCUT2D eigenvalue weighted by molar-refractivity contribution is 7.91. The molecule has 1 aliphatic rings. The second kappa shape index (κ2) is 5.89. The molecule has 7 nitrogen and oxygen atoms in total. The van der Waals surface area contributed by atoms with E-state index in [1.165, 1.54) is 6.20 Å². The van der Waals surface area contributed by atoms with Gasteiger partial charge in [0, 0.05) is 43.7 Å². The maximum absolute atomic E-state index is 13.2. The number of hydrogen-bond acceptors (Lipinski definition) is 6. The Morgan fingerprint density at radius 3 is 2.88 bits per heavy atom. The summed E-state index contributed by atoms with van der Waals surface area (Å²) in [6.07, 6.45) is 6.16. The highest BCUT2D eigenvalue weighted by atomic mass is 32.2. The number of rotatable bonds is 3. The van der Waals surface area contributed by atoms with Crippen molar-refractivity contribution in [2.45, 2.75) is 36.1 Å². The largest absolute Gasteiger partial charge is 0.302 e. The zero-order valence-corrected chi connectivity index (χ0v) is 15.0. The zero-order valence-electron chi connectivity index (χ0n) is 14.2. The van der Waals surface area contributed by atoms with Crippen molar-refractivity contribution in [1.29, 1.82) is 0 Å². The number of likely N-dealkylation sites (N-methyl/N-ethyl adjacent to an activating group) is 1. The van der Waals surface area contributed by atoms with Crippen molar-refractivity contribution in [3.8, 4) is 0 Å². The number of aryl methyl sites for hydroxylation is 1. The first-order chi connectivity index (χ1) is 12.0. The molecule has 0 radical (unpaired) electrons. The molecule has 4 rings (SSSR count). The third kappa shape index (κ3) is 2.61. The first-order valence-electron chi connectivity index (χ1n) is 8.24.